The van der Waals surface area contributed by atoms with E-state index in [1.54, 1.807) is 11.0 Å². The number of carbonyl (C=O) groups is 1. The Morgan fingerprint density at radius 1 is 1.10 bits per heavy atom. The van der Waals surface area contributed by atoms with Gasteiger partial charge in [-0.15, -0.1) is 0 Å². The number of phenolic OH excluding ortho intramolecular Hbond substituents is 2. The lowest BCUT2D eigenvalue weighted by Crippen LogP contribution is -2.70. The molecule has 0 radical (unpaired) electrons. The van der Waals surface area contributed by atoms with Gasteiger partial charge in [0.15, 0.2) is 23.0 Å². The maximum absolute atomic E-state index is 13.6. The van der Waals surface area contributed by atoms with Crippen LogP contribution in [0, 0.1) is 6.92 Å². The van der Waals surface area contributed by atoms with E-state index in [1.807, 2.05) is 6.92 Å². The third kappa shape index (κ3) is 3.89. The van der Waals surface area contributed by atoms with Crippen molar-refractivity contribution in [2.24, 2.45) is 0 Å². The Bertz CT molecular complexity index is 1460. The number of rotatable bonds is 7. The zero-order valence-electron chi connectivity index (χ0n) is 23.4. The SMILES string of the molecule is C=CCOC(=O)N1[C@@H]2c3c(cc(O)c(OC)c3O)C[C@H]1[C@H](O)N1[C@@H](CO)c3c(c(OCC=C)c(C)c4c3OCO4)C[C@@H]21. The number of aliphatic hydroxyl groups excluding tert-OH is 2. The van der Waals surface area contributed by atoms with Gasteiger partial charge in [0, 0.05) is 28.3 Å². The number of nitrogens with zero attached hydrogens (tertiary/aromatic N) is 2. The quantitative estimate of drug-likeness (QED) is 0.357. The molecule has 2 aromatic carbocycles. The van der Waals surface area contributed by atoms with Crippen molar-refractivity contribution in [3.05, 3.63) is 59.2 Å². The summed E-state index contributed by atoms with van der Waals surface area (Å²) in [6, 6.07) is -1.67. The van der Waals surface area contributed by atoms with Crippen LogP contribution < -0.4 is 18.9 Å². The van der Waals surface area contributed by atoms with E-state index < -0.39 is 43.1 Å². The van der Waals surface area contributed by atoms with Crippen LogP contribution in [0.2, 0.25) is 0 Å². The molecule has 2 aromatic rings. The molecular formula is C30H34N2O10. The van der Waals surface area contributed by atoms with Gasteiger partial charge in [-0.2, -0.15) is 0 Å². The summed E-state index contributed by atoms with van der Waals surface area (Å²) in [7, 11) is 1.33. The van der Waals surface area contributed by atoms with Crippen molar-refractivity contribution in [3.8, 4) is 34.5 Å². The van der Waals surface area contributed by atoms with E-state index in [0.717, 1.165) is 5.56 Å². The first-order chi connectivity index (χ1) is 20.3. The number of methoxy groups -OCH3 is 1. The van der Waals surface area contributed by atoms with Gasteiger partial charge < -0.3 is 44.1 Å². The number of hydrogen-bond donors (Lipinski definition) is 4. The highest BCUT2D eigenvalue weighted by Gasteiger charge is 2.59. The number of piperazine rings is 1. The van der Waals surface area contributed by atoms with Gasteiger partial charge in [0.05, 0.1) is 31.8 Å². The number of fused-ring (bicyclic) bond motifs is 9. The molecule has 0 unspecified atom stereocenters. The van der Waals surface area contributed by atoms with E-state index in [-0.39, 0.29) is 50.1 Å². The molecule has 1 saturated heterocycles. The fraction of sp³-hybridized carbons (Fsp3) is 0.433. The molecule has 6 rings (SSSR count). The Morgan fingerprint density at radius 2 is 1.83 bits per heavy atom. The molecule has 1 amide bonds. The van der Waals surface area contributed by atoms with Crippen LogP contribution in [0.1, 0.15) is 39.9 Å². The lowest BCUT2D eigenvalue weighted by Gasteiger charge is -2.60. The topological polar surface area (TPSA) is 151 Å². The Kier molecular flexibility index (Phi) is 7.08. The first-order valence-electron chi connectivity index (χ1n) is 13.7. The summed E-state index contributed by atoms with van der Waals surface area (Å²) in [4.78, 5) is 16.8. The van der Waals surface area contributed by atoms with Crippen LogP contribution in [0.15, 0.2) is 31.4 Å². The van der Waals surface area contributed by atoms with Gasteiger partial charge in [0.25, 0.3) is 0 Å². The molecule has 5 atom stereocenters. The molecule has 0 aromatic heterocycles. The minimum absolute atomic E-state index is 0.00361. The van der Waals surface area contributed by atoms with Crippen LogP contribution in [-0.2, 0) is 17.6 Å². The van der Waals surface area contributed by atoms with Gasteiger partial charge in [0.1, 0.15) is 25.2 Å². The predicted octanol–water partition coefficient (Wildman–Crippen LogP) is 2.59. The summed E-state index contributed by atoms with van der Waals surface area (Å²) in [6.07, 6.45) is 1.43. The third-order valence-electron chi connectivity index (χ3n) is 8.64. The van der Waals surface area contributed by atoms with Crippen molar-refractivity contribution >= 4 is 6.09 Å². The van der Waals surface area contributed by atoms with E-state index in [1.165, 1.54) is 24.2 Å². The molecule has 4 aliphatic heterocycles. The van der Waals surface area contributed by atoms with E-state index in [2.05, 4.69) is 13.2 Å². The van der Waals surface area contributed by atoms with Gasteiger partial charge in [-0.25, -0.2) is 4.79 Å². The van der Waals surface area contributed by atoms with Crippen molar-refractivity contribution in [2.45, 2.75) is 50.2 Å². The number of phenols is 2. The fourth-order valence-electron chi connectivity index (χ4n) is 7.13. The first kappa shape index (κ1) is 28.0. The van der Waals surface area contributed by atoms with Gasteiger partial charge in [0.2, 0.25) is 12.5 Å². The zero-order chi connectivity index (χ0) is 29.9. The Balaban J connectivity index is 1.60. The lowest BCUT2D eigenvalue weighted by molar-refractivity contribution is -0.175. The summed E-state index contributed by atoms with van der Waals surface area (Å²) in [5.41, 5.74) is 3.00. The Morgan fingerprint density at radius 3 is 2.52 bits per heavy atom. The molecule has 4 heterocycles. The van der Waals surface area contributed by atoms with Crippen molar-refractivity contribution in [2.75, 3.05) is 33.7 Å². The maximum atomic E-state index is 13.6. The Hall–Kier alpha value is -4.13. The standard InChI is InChI=1S/C30H34N2O10/c1-5-7-39-25-14(3)26-28(42-13-41-26)22-16(25)11-17-23-21-15(10-20(34)27(38-4)24(21)35)9-18(29(36)31(17)19(22)12-33)32(23)30(37)40-8-6-2/h5-6,10,17-19,23,29,33-36H,1-2,7-9,11-13H2,3-4H3/t17-,18-,19-,23-,29-/m0/s1. The number of benzene rings is 2. The van der Waals surface area contributed by atoms with Crippen LogP contribution in [-0.4, -0.2) is 88.4 Å². The van der Waals surface area contributed by atoms with Crippen LogP contribution in [0.3, 0.4) is 0 Å². The lowest BCUT2D eigenvalue weighted by atomic mass is 9.73. The number of carbonyl (C=O) groups excluding carboxylic acids is 1. The highest BCUT2D eigenvalue weighted by molar-refractivity contribution is 5.73. The van der Waals surface area contributed by atoms with Crippen molar-refractivity contribution in [3.63, 3.8) is 0 Å². The van der Waals surface area contributed by atoms with Crippen LogP contribution in [0.5, 0.6) is 34.5 Å². The molecule has 12 nitrogen and oxygen atoms in total. The van der Waals surface area contributed by atoms with Gasteiger partial charge >= 0.3 is 6.09 Å². The zero-order valence-corrected chi connectivity index (χ0v) is 23.4. The molecule has 0 spiro atoms. The maximum Gasteiger partial charge on any atom is 0.411 e. The number of aromatic hydroxyl groups is 2. The molecule has 0 saturated carbocycles. The second-order valence-corrected chi connectivity index (χ2v) is 10.7. The average molecular weight is 583 g/mol. The molecule has 2 bridgehead atoms. The third-order valence-corrected chi connectivity index (χ3v) is 8.64. The molecule has 42 heavy (non-hydrogen) atoms. The first-order valence-corrected chi connectivity index (χ1v) is 13.7. The molecule has 224 valence electrons. The molecule has 1 fully saturated rings. The number of aliphatic hydroxyl groups is 2. The number of ether oxygens (including phenoxy) is 5. The minimum Gasteiger partial charge on any atom is -0.504 e. The fourth-order valence-corrected chi connectivity index (χ4v) is 7.13. The summed E-state index contributed by atoms with van der Waals surface area (Å²) in [5.74, 6) is 0.818. The second kappa shape index (κ2) is 10.6. The summed E-state index contributed by atoms with van der Waals surface area (Å²) < 4.78 is 28.6. The normalized spacial score (nSPS) is 25.1. The molecule has 0 aliphatic carbocycles. The van der Waals surface area contributed by atoms with E-state index in [0.29, 0.717) is 39.5 Å². The van der Waals surface area contributed by atoms with Crippen LogP contribution in [0.25, 0.3) is 0 Å². The second-order valence-electron chi connectivity index (χ2n) is 10.7. The smallest absolute Gasteiger partial charge is 0.411 e. The van der Waals surface area contributed by atoms with Crippen molar-refractivity contribution in [1.82, 2.24) is 9.80 Å². The van der Waals surface area contributed by atoms with Gasteiger partial charge in [-0.3, -0.25) is 9.80 Å². The molecular weight excluding hydrogens is 548 g/mol. The monoisotopic (exact) mass is 582 g/mol. The highest BCUT2D eigenvalue weighted by Crippen LogP contribution is 2.59. The number of hydrogen-bond acceptors (Lipinski definition) is 11. The summed E-state index contributed by atoms with van der Waals surface area (Å²) in [6.45, 7) is 9.00. The minimum atomic E-state index is -1.26. The molecule has 4 N–H and O–H groups in total. The molecule has 4 aliphatic rings. The van der Waals surface area contributed by atoms with Gasteiger partial charge in [-0.1, -0.05) is 25.3 Å². The number of amides is 1. The highest BCUT2D eigenvalue weighted by atomic mass is 16.7. The largest absolute Gasteiger partial charge is 0.504 e. The van der Waals surface area contributed by atoms with E-state index >= 15 is 0 Å². The average Bonchev–Trinajstić information content (AvgIpc) is 3.47. The summed E-state index contributed by atoms with van der Waals surface area (Å²) in [5, 5.41) is 44.8. The Labute approximate surface area is 242 Å². The van der Waals surface area contributed by atoms with E-state index in [4.69, 9.17) is 23.7 Å². The van der Waals surface area contributed by atoms with Gasteiger partial charge in [-0.05, 0) is 31.4 Å². The summed E-state index contributed by atoms with van der Waals surface area (Å²) >= 11 is 0. The van der Waals surface area contributed by atoms with Crippen molar-refractivity contribution in [1.29, 1.82) is 0 Å². The van der Waals surface area contributed by atoms with Crippen LogP contribution in [0.4, 0.5) is 4.79 Å². The molecule has 12 heteroatoms. The van der Waals surface area contributed by atoms with E-state index in [9.17, 15) is 25.2 Å². The van der Waals surface area contributed by atoms with Crippen LogP contribution >= 0.6 is 0 Å². The predicted molar refractivity (Wildman–Crippen MR) is 148 cm³/mol. The van der Waals surface area contributed by atoms with Crippen molar-refractivity contribution < 1.29 is 48.9 Å².